The van der Waals surface area contributed by atoms with E-state index >= 15 is 0 Å². The van der Waals surface area contributed by atoms with Gasteiger partial charge in [-0.2, -0.15) is 4.31 Å². The average Bonchev–Trinajstić information content (AvgIpc) is 3.51. The number of anilines is 1. The zero-order chi connectivity index (χ0) is 24.7. The zero-order valence-electron chi connectivity index (χ0n) is 19.4. The van der Waals surface area contributed by atoms with Gasteiger partial charge in [0.05, 0.1) is 18.4 Å². The van der Waals surface area contributed by atoms with Crippen molar-refractivity contribution in [2.24, 2.45) is 0 Å². The second-order valence-corrected chi connectivity index (χ2v) is 11.5. The molecule has 3 heterocycles. The van der Waals surface area contributed by atoms with Crippen molar-refractivity contribution in [2.45, 2.75) is 37.0 Å². The number of rotatable bonds is 5. The lowest BCUT2D eigenvalue weighted by molar-refractivity contribution is -0.116. The number of fused-ring (bicyclic) bond motifs is 1. The zero-order valence-corrected chi connectivity index (χ0v) is 21.8. The van der Waals surface area contributed by atoms with Crippen molar-refractivity contribution in [3.8, 4) is 17.2 Å². The molecule has 0 spiro atoms. The highest BCUT2D eigenvalue weighted by Gasteiger charge is 2.37. The molecule has 0 aliphatic carbocycles. The van der Waals surface area contributed by atoms with Gasteiger partial charge in [0.15, 0.2) is 0 Å². The molecule has 35 heavy (non-hydrogen) atoms. The van der Waals surface area contributed by atoms with E-state index in [1.165, 1.54) is 11.2 Å². The van der Waals surface area contributed by atoms with Gasteiger partial charge in [-0.15, -0.1) is 10.2 Å². The lowest BCUT2D eigenvalue weighted by Gasteiger charge is -2.31. The van der Waals surface area contributed by atoms with Gasteiger partial charge >= 0.3 is 0 Å². The third kappa shape index (κ3) is 4.36. The van der Waals surface area contributed by atoms with Gasteiger partial charge in [0.1, 0.15) is 10.6 Å². The van der Waals surface area contributed by atoms with Crippen LogP contribution in [0.4, 0.5) is 5.69 Å². The van der Waals surface area contributed by atoms with Gasteiger partial charge in [0.2, 0.25) is 21.8 Å². The van der Waals surface area contributed by atoms with Crippen LogP contribution in [0.2, 0.25) is 0 Å². The number of halogens is 1. The number of carbonyl (C=O) groups excluding carboxylic acids is 1. The number of piperidine rings is 1. The van der Waals surface area contributed by atoms with Crippen LogP contribution in [0.15, 0.2) is 50.2 Å². The fraction of sp³-hybridized carbons (Fsp3) is 0.375. The van der Waals surface area contributed by atoms with E-state index in [2.05, 4.69) is 26.1 Å². The lowest BCUT2D eigenvalue weighted by atomic mass is 9.98. The highest BCUT2D eigenvalue weighted by Crippen LogP contribution is 2.40. The first-order valence-corrected chi connectivity index (χ1v) is 13.6. The molecular weight excluding hydrogens is 536 g/mol. The number of nitrogens with zero attached hydrogens (tertiary/aromatic N) is 4. The summed E-state index contributed by atoms with van der Waals surface area (Å²) in [7, 11) is -2.22. The average molecular weight is 561 g/mol. The monoisotopic (exact) mass is 560 g/mol. The Morgan fingerprint density at radius 1 is 1.14 bits per heavy atom. The van der Waals surface area contributed by atoms with E-state index in [4.69, 9.17) is 9.15 Å². The number of amides is 1. The molecule has 0 radical (unpaired) electrons. The molecule has 2 aromatic carbocycles. The number of para-hydroxylation sites is 1. The Kier molecular flexibility index (Phi) is 6.41. The number of hydrogen-bond donors (Lipinski definition) is 0. The maximum atomic E-state index is 13.7. The summed E-state index contributed by atoms with van der Waals surface area (Å²) in [5.41, 5.74) is 2.08. The van der Waals surface area contributed by atoms with Gasteiger partial charge in [0.25, 0.3) is 5.89 Å². The standard InChI is InChI=1S/C24H25BrN4O5S/c1-15(30)29-12-9-17-13-18(25)14-21(22(17)29)35(31,32)28-10-7-16(8-11-28)23-26-27-24(34-23)19-5-3-4-6-20(19)33-2/h3-6,13-14,16H,7-12H2,1-2H3. The van der Waals surface area contributed by atoms with Crippen molar-refractivity contribution >= 4 is 37.5 Å². The van der Waals surface area contributed by atoms with Gasteiger partial charge < -0.3 is 14.1 Å². The summed E-state index contributed by atoms with van der Waals surface area (Å²) >= 11 is 3.44. The molecular formula is C24H25BrN4O5S. The van der Waals surface area contributed by atoms with Crippen molar-refractivity contribution in [3.05, 3.63) is 52.3 Å². The molecule has 9 nitrogen and oxygen atoms in total. The van der Waals surface area contributed by atoms with Crippen LogP contribution >= 0.6 is 15.9 Å². The van der Waals surface area contributed by atoms with Gasteiger partial charge in [-0.1, -0.05) is 28.1 Å². The maximum Gasteiger partial charge on any atom is 0.251 e. The normalized spacial score (nSPS) is 16.9. The van der Waals surface area contributed by atoms with Crippen LogP contribution in [-0.2, 0) is 21.2 Å². The number of methoxy groups -OCH3 is 1. The van der Waals surface area contributed by atoms with E-state index in [1.807, 2.05) is 30.3 Å². The second kappa shape index (κ2) is 9.36. The molecule has 1 fully saturated rings. The van der Waals surface area contributed by atoms with E-state index in [9.17, 15) is 13.2 Å². The molecule has 184 valence electrons. The Hall–Kier alpha value is -2.76. The van der Waals surface area contributed by atoms with Crippen LogP contribution in [0.3, 0.4) is 0 Å². The van der Waals surface area contributed by atoms with Crippen LogP contribution in [0.5, 0.6) is 5.75 Å². The minimum absolute atomic E-state index is 0.0423. The smallest absolute Gasteiger partial charge is 0.251 e. The highest BCUT2D eigenvalue weighted by atomic mass is 79.9. The fourth-order valence-electron chi connectivity index (χ4n) is 4.79. The van der Waals surface area contributed by atoms with Crippen molar-refractivity contribution in [1.82, 2.24) is 14.5 Å². The Bertz CT molecular complexity index is 1380. The summed E-state index contributed by atoms with van der Waals surface area (Å²) in [4.78, 5) is 13.9. The third-order valence-corrected chi connectivity index (χ3v) is 8.94. The Labute approximate surface area is 212 Å². The Morgan fingerprint density at radius 2 is 1.89 bits per heavy atom. The van der Waals surface area contributed by atoms with E-state index in [1.54, 1.807) is 18.1 Å². The molecule has 1 saturated heterocycles. The number of ether oxygens (including phenoxy) is 1. The minimum Gasteiger partial charge on any atom is -0.496 e. The quantitative estimate of drug-likeness (QED) is 0.464. The second-order valence-electron chi connectivity index (χ2n) is 8.66. The molecule has 1 amide bonds. The van der Waals surface area contributed by atoms with Crippen molar-refractivity contribution < 1.29 is 22.4 Å². The molecule has 0 N–H and O–H groups in total. The molecule has 2 aliphatic rings. The van der Waals surface area contributed by atoms with Crippen LogP contribution in [-0.4, -0.2) is 55.6 Å². The number of sulfonamides is 1. The van der Waals surface area contributed by atoms with E-state index < -0.39 is 10.0 Å². The van der Waals surface area contributed by atoms with Crippen LogP contribution in [0.1, 0.15) is 37.1 Å². The Balaban J connectivity index is 1.36. The molecule has 1 aromatic heterocycles. The third-order valence-electron chi connectivity index (χ3n) is 6.57. The summed E-state index contributed by atoms with van der Waals surface area (Å²) in [6, 6.07) is 10.9. The lowest BCUT2D eigenvalue weighted by Crippen LogP contribution is -2.39. The van der Waals surface area contributed by atoms with Crippen LogP contribution in [0.25, 0.3) is 11.5 Å². The predicted octanol–water partition coefficient (Wildman–Crippen LogP) is 3.99. The van der Waals surface area contributed by atoms with Gasteiger partial charge in [-0.25, -0.2) is 8.42 Å². The molecule has 2 aliphatic heterocycles. The van der Waals surface area contributed by atoms with Crippen molar-refractivity contribution in [1.29, 1.82) is 0 Å². The summed E-state index contributed by atoms with van der Waals surface area (Å²) in [5, 5.41) is 8.42. The topological polar surface area (TPSA) is 106 Å². The maximum absolute atomic E-state index is 13.7. The van der Waals surface area contributed by atoms with Gasteiger partial charge in [-0.05, 0) is 49.1 Å². The molecule has 0 saturated carbocycles. The molecule has 0 unspecified atom stereocenters. The predicted molar refractivity (Wildman–Crippen MR) is 133 cm³/mol. The number of aromatic nitrogens is 2. The van der Waals surface area contributed by atoms with Crippen LogP contribution < -0.4 is 9.64 Å². The molecule has 3 aromatic rings. The SMILES string of the molecule is COc1ccccc1-c1nnc(C2CCN(S(=O)(=O)c3cc(Br)cc4c3N(C(C)=O)CC4)CC2)o1. The summed E-state index contributed by atoms with van der Waals surface area (Å²) < 4.78 is 40.8. The first-order chi connectivity index (χ1) is 16.8. The molecule has 5 rings (SSSR count). The van der Waals surface area contributed by atoms with Crippen molar-refractivity contribution in [3.63, 3.8) is 0 Å². The highest BCUT2D eigenvalue weighted by molar-refractivity contribution is 9.10. The molecule has 11 heteroatoms. The fourth-order valence-corrected chi connectivity index (χ4v) is 7.18. The summed E-state index contributed by atoms with van der Waals surface area (Å²) in [6.07, 6.45) is 1.74. The Morgan fingerprint density at radius 3 is 2.60 bits per heavy atom. The van der Waals surface area contributed by atoms with Crippen LogP contribution in [0, 0.1) is 0 Å². The van der Waals surface area contributed by atoms with E-state index in [0.717, 1.165) is 5.56 Å². The number of hydrogen-bond acceptors (Lipinski definition) is 7. The molecule has 0 atom stereocenters. The number of benzene rings is 2. The molecule has 0 bridgehead atoms. The van der Waals surface area contributed by atoms with E-state index in [0.29, 0.717) is 72.2 Å². The minimum atomic E-state index is -3.80. The summed E-state index contributed by atoms with van der Waals surface area (Å²) in [6.45, 7) is 2.58. The summed E-state index contributed by atoms with van der Waals surface area (Å²) in [5.74, 6) is 1.31. The number of carbonyl (C=O) groups is 1. The van der Waals surface area contributed by atoms with Gasteiger partial charge in [0, 0.05) is 36.9 Å². The van der Waals surface area contributed by atoms with Gasteiger partial charge in [-0.3, -0.25) is 4.79 Å². The van der Waals surface area contributed by atoms with Crippen molar-refractivity contribution in [2.75, 3.05) is 31.6 Å². The largest absolute Gasteiger partial charge is 0.496 e. The first kappa shape index (κ1) is 24.0. The van der Waals surface area contributed by atoms with E-state index in [-0.39, 0.29) is 16.7 Å². The first-order valence-electron chi connectivity index (χ1n) is 11.4.